The second-order valence-corrected chi connectivity index (χ2v) is 4.57. The van der Waals surface area contributed by atoms with Crippen LogP contribution < -0.4 is 5.73 Å². The molecule has 4 heteroatoms. The van der Waals surface area contributed by atoms with Gasteiger partial charge in [0.15, 0.2) is 11.6 Å². The molecular formula is C12H11F2NS. The SMILES string of the molecule is Cc1ccsc1C(N)c1ccc(F)c(F)c1. The van der Waals surface area contributed by atoms with Gasteiger partial charge in [-0.15, -0.1) is 11.3 Å². The van der Waals surface area contributed by atoms with Gasteiger partial charge in [0.25, 0.3) is 0 Å². The summed E-state index contributed by atoms with van der Waals surface area (Å²) in [7, 11) is 0. The molecular weight excluding hydrogens is 228 g/mol. The number of benzene rings is 1. The lowest BCUT2D eigenvalue weighted by Gasteiger charge is -2.11. The molecule has 84 valence electrons. The van der Waals surface area contributed by atoms with Crippen molar-refractivity contribution >= 4 is 11.3 Å². The third-order valence-corrected chi connectivity index (χ3v) is 3.59. The highest BCUT2D eigenvalue weighted by molar-refractivity contribution is 7.10. The lowest BCUT2D eigenvalue weighted by Crippen LogP contribution is -2.11. The molecule has 0 radical (unpaired) electrons. The van der Waals surface area contributed by atoms with Gasteiger partial charge < -0.3 is 5.73 Å². The van der Waals surface area contributed by atoms with Crippen molar-refractivity contribution in [3.05, 3.63) is 57.3 Å². The van der Waals surface area contributed by atoms with E-state index in [9.17, 15) is 8.78 Å². The fourth-order valence-corrected chi connectivity index (χ4v) is 2.52. The van der Waals surface area contributed by atoms with E-state index in [4.69, 9.17) is 5.73 Å². The molecule has 0 fully saturated rings. The van der Waals surface area contributed by atoms with Gasteiger partial charge in [0.1, 0.15) is 0 Å². The predicted molar refractivity (Wildman–Crippen MR) is 61.4 cm³/mol. The van der Waals surface area contributed by atoms with Crippen molar-refractivity contribution in [2.45, 2.75) is 13.0 Å². The monoisotopic (exact) mass is 239 g/mol. The predicted octanol–water partition coefficient (Wildman–Crippen LogP) is 3.38. The molecule has 1 atom stereocenters. The lowest BCUT2D eigenvalue weighted by atomic mass is 10.0. The largest absolute Gasteiger partial charge is 0.320 e. The Balaban J connectivity index is 2.38. The van der Waals surface area contributed by atoms with Crippen LogP contribution >= 0.6 is 11.3 Å². The van der Waals surface area contributed by atoms with Crippen LogP contribution in [0.2, 0.25) is 0 Å². The number of aryl methyl sites for hydroxylation is 1. The van der Waals surface area contributed by atoms with Crippen molar-refractivity contribution in [3.63, 3.8) is 0 Å². The van der Waals surface area contributed by atoms with E-state index in [1.54, 1.807) is 0 Å². The number of nitrogens with two attached hydrogens (primary N) is 1. The van der Waals surface area contributed by atoms with E-state index < -0.39 is 17.7 Å². The van der Waals surface area contributed by atoms with Crippen LogP contribution in [0, 0.1) is 18.6 Å². The minimum atomic E-state index is -0.859. The second kappa shape index (κ2) is 4.31. The molecule has 0 spiro atoms. The number of hydrogen-bond donors (Lipinski definition) is 1. The van der Waals surface area contributed by atoms with Crippen molar-refractivity contribution in [3.8, 4) is 0 Å². The molecule has 1 unspecified atom stereocenters. The molecule has 0 saturated heterocycles. The van der Waals surface area contributed by atoms with E-state index in [1.807, 2.05) is 18.4 Å². The third kappa shape index (κ3) is 1.99. The Bertz CT molecular complexity index is 507. The number of thiophene rings is 1. The molecule has 1 heterocycles. The van der Waals surface area contributed by atoms with Crippen LogP contribution in [0.1, 0.15) is 22.0 Å². The van der Waals surface area contributed by atoms with Crippen LogP contribution in [0.5, 0.6) is 0 Å². The van der Waals surface area contributed by atoms with Crippen molar-refractivity contribution in [1.29, 1.82) is 0 Å². The van der Waals surface area contributed by atoms with Gasteiger partial charge in [-0.1, -0.05) is 6.07 Å². The van der Waals surface area contributed by atoms with E-state index >= 15 is 0 Å². The summed E-state index contributed by atoms with van der Waals surface area (Å²) in [5.41, 5.74) is 7.66. The van der Waals surface area contributed by atoms with E-state index in [0.717, 1.165) is 22.6 Å². The van der Waals surface area contributed by atoms with Gasteiger partial charge >= 0.3 is 0 Å². The molecule has 16 heavy (non-hydrogen) atoms. The molecule has 2 aromatic rings. The highest BCUT2D eigenvalue weighted by Crippen LogP contribution is 2.28. The summed E-state index contributed by atoms with van der Waals surface area (Å²) in [5, 5.41) is 1.93. The maximum atomic E-state index is 13.1. The first kappa shape index (κ1) is 11.2. The Morgan fingerprint density at radius 3 is 2.50 bits per heavy atom. The molecule has 0 aliphatic rings. The number of halogens is 2. The minimum absolute atomic E-state index is 0.393. The zero-order valence-electron chi connectivity index (χ0n) is 8.71. The lowest BCUT2D eigenvalue weighted by molar-refractivity contribution is 0.506. The first-order valence-electron chi connectivity index (χ1n) is 4.84. The molecule has 2 rings (SSSR count). The standard InChI is InChI=1S/C12H11F2NS/c1-7-4-5-16-12(7)11(15)8-2-3-9(13)10(14)6-8/h2-6,11H,15H2,1H3. The van der Waals surface area contributed by atoms with Gasteiger partial charge in [0.05, 0.1) is 6.04 Å². The molecule has 0 amide bonds. The zero-order valence-corrected chi connectivity index (χ0v) is 9.52. The maximum absolute atomic E-state index is 13.1. The van der Waals surface area contributed by atoms with Gasteiger partial charge in [0, 0.05) is 4.88 Å². The molecule has 0 aliphatic carbocycles. The fourth-order valence-electron chi connectivity index (χ4n) is 1.56. The van der Waals surface area contributed by atoms with Crippen LogP contribution in [0.15, 0.2) is 29.6 Å². The summed E-state index contributed by atoms with van der Waals surface area (Å²) < 4.78 is 25.8. The molecule has 2 N–H and O–H groups in total. The zero-order chi connectivity index (χ0) is 11.7. The second-order valence-electron chi connectivity index (χ2n) is 3.62. The number of rotatable bonds is 2. The molecule has 0 saturated carbocycles. The Hall–Kier alpha value is -1.26. The third-order valence-electron chi connectivity index (χ3n) is 2.49. The summed E-state index contributed by atoms with van der Waals surface area (Å²) in [6, 6.07) is 5.34. The Morgan fingerprint density at radius 1 is 1.19 bits per heavy atom. The van der Waals surface area contributed by atoms with Gasteiger partial charge in [-0.2, -0.15) is 0 Å². The maximum Gasteiger partial charge on any atom is 0.159 e. The Morgan fingerprint density at radius 2 is 1.94 bits per heavy atom. The van der Waals surface area contributed by atoms with Gasteiger partial charge in [-0.3, -0.25) is 0 Å². The van der Waals surface area contributed by atoms with E-state index in [2.05, 4.69) is 0 Å². The highest BCUT2D eigenvalue weighted by Gasteiger charge is 2.14. The normalized spacial score (nSPS) is 12.8. The fraction of sp³-hybridized carbons (Fsp3) is 0.167. The summed E-state index contributed by atoms with van der Waals surface area (Å²) in [6.07, 6.45) is 0. The van der Waals surface area contributed by atoms with Crippen molar-refractivity contribution in [2.24, 2.45) is 5.73 Å². The van der Waals surface area contributed by atoms with E-state index in [-0.39, 0.29) is 0 Å². The summed E-state index contributed by atoms with van der Waals surface area (Å²) >= 11 is 1.52. The molecule has 1 aromatic carbocycles. The van der Waals surface area contributed by atoms with Crippen LogP contribution in [0.25, 0.3) is 0 Å². The first-order chi connectivity index (χ1) is 7.59. The van der Waals surface area contributed by atoms with Crippen LogP contribution in [0.4, 0.5) is 8.78 Å². The number of hydrogen-bond acceptors (Lipinski definition) is 2. The molecule has 0 bridgehead atoms. The highest BCUT2D eigenvalue weighted by atomic mass is 32.1. The minimum Gasteiger partial charge on any atom is -0.320 e. The summed E-state index contributed by atoms with van der Waals surface area (Å²) in [4.78, 5) is 0.978. The van der Waals surface area contributed by atoms with Gasteiger partial charge in [-0.05, 0) is 41.6 Å². The topological polar surface area (TPSA) is 26.0 Å². The van der Waals surface area contributed by atoms with E-state index in [0.29, 0.717) is 5.56 Å². The Kier molecular flexibility index (Phi) is 3.03. The average molecular weight is 239 g/mol. The Labute approximate surface area is 96.5 Å². The van der Waals surface area contributed by atoms with Crippen LogP contribution in [-0.2, 0) is 0 Å². The van der Waals surface area contributed by atoms with Crippen LogP contribution in [-0.4, -0.2) is 0 Å². The molecule has 0 aliphatic heterocycles. The smallest absolute Gasteiger partial charge is 0.159 e. The first-order valence-corrected chi connectivity index (χ1v) is 5.72. The molecule has 1 nitrogen and oxygen atoms in total. The van der Waals surface area contributed by atoms with Crippen molar-refractivity contribution in [1.82, 2.24) is 0 Å². The van der Waals surface area contributed by atoms with Crippen LogP contribution in [0.3, 0.4) is 0 Å². The average Bonchev–Trinajstić information content (AvgIpc) is 2.67. The molecule has 1 aromatic heterocycles. The van der Waals surface area contributed by atoms with Gasteiger partial charge in [-0.25, -0.2) is 8.78 Å². The summed E-state index contributed by atoms with van der Waals surface area (Å²) in [6.45, 7) is 1.95. The quantitative estimate of drug-likeness (QED) is 0.854. The van der Waals surface area contributed by atoms with Crippen molar-refractivity contribution in [2.75, 3.05) is 0 Å². The summed E-state index contributed by atoms with van der Waals surface area (Å²) in [5.74, 6) is -1.71. The van der Waals surface area contributed by atoms with Gasteiger partial charge in [0.2, 0.25) is 0 Å². The van der Waals surface area contributed by atoms with Crippen molar-refractivity contribution < 1.29 is 8.78 Å². The van der Waals surface area contributed by atoms with E-state index in [1.165, 1.54) is 17.4 Å².